The molecule has 1 aromatic heterocycles. The Kier molecular flexibility index (Phi) is 5.59. The van der Waals surface area contributed by atoms with Crippen molar-refractivity contribution in [3.8, 4) is 11.2 Å². The summed E-state index contributed by atoms with van der Waals surface area (Å²) in [6.45, 7) is -0.239. The first-order chi connectivity index (χ1) is 7.71. The maximum Gasteiger partial charge on any atom is 0.356 e. The van der Waals surface area contributed by atoms with Crippen LogP contribution >= 0.6 is 30.1 Å². The van der Waals surface area contributed by atoms with Gasteiger partial charge in [-0.25, -0.2) is 9.78 Å². The Morgan fingerprint density at radius 1 is 1.69 bits per heavy atom. The van der Waals surface area contributed by atoms with Gasteiger partial charge in [-0.15, -0.1) is 0 Å². The summed E-state index contributed by atoms with van der Waals surface area (Å²) >= 11 is 2.05. The zero-order valence-corrected chi connectivity index (χ0v) is 11.3. The minimum absolute atomic E-state index is 0.150. The van der Waals surface area contributed by atoms with Gasteiger partial charge in [-0.05, 0) is 26.3 Å². The van der Waals surface area contributed by atoms with Crippen molar-refractivity contribution in [3.05, 3.63) is 29.1 Å². The van der Waals surface area contributed by atoms with Crippen molar-refractivity contribution in [1.29, 1.82) is 0 Å². The van der Waals surface area contributed by atoms with E-state index in [1.165, 1.54) is 22.1 Å². The summed E-state index contributed by atoms with van der Waals surface area (Å²) in [6, 6.07) is 3.16. The first-order valence-corrected chi connectivity index (χ1v) is 7.56. The van der Waals surface area contributed by atoms with E-state index >= 15 is 0 Å². The molecule has 0 bridgehead atoms. The molecule has 0 aliphatic carbocycles. The lowest BCUT2D eigenvalue weighted by molar-refractivity contribution is 0.0593. The van der Waals surface area contributed by atoms with E-state index in [0.29, 0.717) is 11.3 Å². The molecule has 84 valence electrons. The van der Waals surface area contributed by atoms with Gasteiger partial charge in [-0.1, -0.05) is 5.92 Å². The number of aliphatic hydroxyl groups is 1. The Morgan fingerprint density at radius 2 is 2.44 bits per heavy atom. The molecule has 6 heteroatoms. The molecule has 0 atom stereocenters. The Hall–Kier alpha value is -0.780. The van der Waals surface area contributed by atoms with Gasteiger partial charge in [0.2, 0.25) is 0 Å². The van der Waals surface area contributed by atoms with E-state index in [9.17, 15) is 4.79 Å². The van der Waals surface area contributed by atoms with E-state index in [-0.39, 0.29) is 12.3 Å². The second-order valence-corrected chi connectivity index (χ2v) is 4.37. The molecule has 0 aromatic carbocycles. The van der Waals surface area contributed by atoms with E-state index in [1.54, 1.807) is 6.07 Å². The van der Waals surface area contributed by atoms with E-state index in [4.69, 9.17) is 5.11 Å². The largest absolute Gasteiger partial charge is 0.464 e. The maximum atomic E-state index is 11.3. The summed E-state index contributed by atoms with van der Waals surface area (Å²) in [5, 5.41) is 11.8. The van der Waals surface area contributed by atoms with Crippen LogP contribution in [0.25, 0.3) is 0 Å². The van der Waals surface area contributed by atoms with Crippen molar-refractivity contribution in [2.75, 3.05) is 7.11 Å². The Balaban J connectivity index is 3.15. The molecule has 0 spiro atoms. The van der Waals surface area contributed by atoms with Crippen LogP contribution in [-0.4, -0.2) is 23.2 Å². The number of ether oxygens (including phenoxy) is 1. The zero-order chi connectivity index (χ0) is 12.0. The number of carbonyl (C=O) groups excluding carboxylic acids is 1. The lowest BCUT2D eigenvalue weighted by Gasteiger charge is -2.02. The molecule has 1 N–H and O–H groups in total. The highest BCUT2D eigenvalue weighted by molar-refractivity contribution is 14.2. The number of aromatic nitrogens is 1. The lowest BCUT2D eigenvalue weighted by Crippen LogP contribution is -2.07. The summed E-state index contributed by atoms with van der Waals surface area (Å²) in [5.41, 5.74) is 1.17. The van der Waals surface area contributed by atoms with Gasteiger partial charge < -0.3 is 9.84 Å². The quantitative estimate of drug-likeness (QED) is 0.501. The number of nitrogens with zero attached hydrogens (tertiary/aromatic N) is 1. The molecule has 0 fully saturated rings. The van der Waals surface area contributed by atoms with Crippen LogP contribution < -0.4 is 0 Å². The molecule has 16 heavy (non-hydrogen) atoms. The summed E-state index contributed by atoms with van der Waals surface area (Å²) in [7, 11) is 2.62. The minimum atomic E-state index is -0.541. The summed E-state index contributed by atoms with van der Waals surface area (Å²) in [5.74, 6) is 2.29. The number of carbonyl (C=O) groups is 1. The number of hydrogen-bond donors (Lipinski definition) is 1. The van der Waals surface area contributed by atoms with Crippen LogP contribution in [0.5, 0.6) is 0 Å². The normalized spacial score (nSPS) is 9.19. The molecular weight excluding hydrogens is 341 g/mol. The second-order valence-electron chi connectivity index (χ2n) is 2.69. The molecule has 0 aliphatic heterocycles. The molecule has 0 aliphatic rings. The van der Waals surface area contributed by atoms with Gasteiger partial charge in [0.25, 0.3) is 0 Å². The van der Waals surface area contributed by atoms with Gasteiger partial charge in [-0.3, -0.25) is 0 Å². The average Bonchev–Trinajstić information content (AvgIpc) is 2.34. The van der Waals surface area contributed by atoms with Crippen molar-refractivity contribution in [2.45, 2.75) is 6.61 Å². The van der Waals surface area contributed by atoms with Crippen LogP contribution in [0, 0.1) is 11.2 Å². The third-order valence-electron chi connectivity index (χ3n) is 1.67. The number of halogens is 1. The Labute approximate surface area is 109 Å². The van der Waals surface area contributed by atoms with Crippen molar-refractivity contribution in [3.63, 3.8) is 0 Å². The van der Waals surface area contributed by atoms with E-state index in [0.717, 1.165) is 0 Å². The van der Waals surface area contributed by atoms with Crippen molar-refractivity contribution in [2.24, 2.45) is 0 Å². The topological polar surface area (TPSA) is 59.4 Å². The van der Waals surface area contributed by atoms with Crippen LogP contribution in [-0.2, 0) is 11.3 Å². The van der Waals surface area contributed by atoms with Crippen LogP contribution in [0.3, 0.4) is 0 Å². The standard InChI is InChI=1S/C10H8INO3S/c1-15-10(14)9-5-7(2-3-16-11)4-8(6-13)12-9/h4-5,13H,6H2,1H3. The van der Waals surface area contributed by atoms with Crippen LogP contribution in [0.2, 0.25) is 0 Å². The number of hydrogen-bond acceptors (Lipinski definition) is 5. The van der Waals surface area contributed by atoms with Gasteiger partial charge in [-0.2, -0.15) is 0 Å². The molecular formula is C10H8INO3S. The van der Waals surface area contributed by atoms with Gasteiger partial charge >= 0.3 is 5.97 Å². The smallest absolute Gasteiger partial charge is 0.356 e. The number of rotatable bonds is 2. The Morgan fingerprint density at radius 3 is 3.00 bits per heavy atom. The van der Waals surface area contributed by atoms with E-state index < -0.39 is 5.97 Å². The van der Waals surface area contributed by atoms with Gasteiger partial charge in [0.1, 0.15) is 5.69 Å². The second kappa shape index (κ2) is 6.73. The highest BCUT2D eigenvalue weighted by Gasteiger charge is 2.09. The molecule has 0 saturated carbocycles. The first-order valence-electron chi connectivity index (χ1n) is 4.20. The minimum Gasteiger partial charge on any atom is -0.464 e. The van der Waals surface area contributed by atoms with Crippen LogP contribution in [0.15, 0.2) is 12.1 Å². The number of esters is 1. The van der Waals surface area contributed by atoms with Crippen LogP contribution in [0.4, 0.5) is 0 Å². The molecule has 1 aromatic rings. The third-order valence-corrected chi connectivity index (χ3v) is 2.51. The maximum absolute atomic E-state index is 11.3. The van der Waals surface area contributed by atoms with Crippen molar-refractivity contribution >= 4 is 36.1 Å². The monoisotopic (exact) mass is 349 g/mol. The summed E-state index contributed by atoms with van der Waals surface area (Å²) in [6.07, 6.45) is 0. The van der Waals surface area contributed by atoms with Gasteiger partial charge in [0.15, 0.2) is 0 Å². The SMILES string of the molecule is COC(=O)c1cc(C#CSI)cc(CO)n1. The fraction of sp³-hybridized carbons (Fsp3) is 0.200. The van der Waals surface area contributed by atoms with Crippen molar-refractivity contribution < 1.29 is 14.6 Å². The number of methoxy groups -OCH3 is 1. The molecule has 1 rings (SSSR count). The number of aliphatic hydroxyl groups excluding tert-OH is 1. The first kappa shape index (κ1) is 13.3. The fourth-order valence-corrected chi connectivity index (χ4v) is 1.51. The average molecular weight is 349 g/mol. The van der Waals surface area contributed by atoms with Gasteiger partial charge in [0, 0.05) is 26.8 Å². The molecule has 1 heterocycles. The summed E-state index contributed by atoms with van der Waals surface area (Å²) < 4.78 is 4.56. The molecule has 4 nitrogen and oxygen atoms in total. The Bertz CT molecular complexity index is 453. The predicted molar refractivity (Wildman–Crippen MR) is 70.0 cm³/mol. The van der Waals surface area contributed by atoms with Gasteiger partial charge in [0.05, 0.1) is 19.4 Å². The number of pyridine rings is 1. The molecule has 0 radical (unpaired) electrons. The lowest BCUT2D eigenvalue weighted by atomic mass is 10.2. The highest BCUT2D eigenvalue weighted by Crippen LogP contribution is 2.10. The fourth-order valence-electron chi connectivity index (χ4n) is 1.03. The predicted octanol–water partition coefficient (Wildman–Crippen LogP) is 1.75. The van der Waals surface area contributed by atoms with E-state index in [1.807, 2.05) is 21.2 Å². The van der Waals surface area contributed by atoms with Crippen LogP contribution in [0.1, 0.15) is 21.7 Å². The van der Waals surface area contributed by atoms with Crippen molar-refractivity contribution in [1.82, 2.24) is 4.98 Å². The zero-order valence-electron chi connectivity index (χ0n) is 8.36. The molecule has 0 saturated heterocycles. The highest BCUT2D eigenvalue weighted by atomic mass is 127. The van der Waals surface area contributed by atoms with E-state index in [2.05, 4.69) is 20.9 Å². The summed E-state index contributed by atoms with van der Waals surface area (Å²) in [4.78, 5) is 15.2. The third kappa shape index (κ3) is 3.66. The molecule has 0 amide bonds. The molecule has 0 unspecified atom stereocenters.